The molecule has 164 valence electrons. The monoisotopic (exact) mass is 498 g/mol. The van der Waals surface area contributed by atoms with E-state index in [9.17, 15) is 0 Å². The van der Waals surface area contributed by atoms with Gasteiger partial charge < -0.3 is 9.30 Å². The average Bonchev–Trinajstić information content (AvgIpc) is 3.11. The largest absolute Gasteiger partial charge is 4.00 e. The summed E-state index contributed by atoms with van der Waals surface area (Å²) in [6.07, 6.45) is 20.0. The molecular formula is C22H46N2Si4Ti. The molecule has 0 aromatic heterocycles. The van der Waals surface area contributed by atoms with E-state index < -0.39 is 32.9 Å². The van der Waals surface area contributed by atoms with E-state index in [1.54, 1.807) is 0 Å². The Morgan fingerprint density at radius 3 is 0.793 bits per heavy atom. The molecule has 0 aliphatic heterocycles. The van der Waals surface area contributed by atoms with Crippen molar-refractivity contribution in [1.29, 1.82) is 0 Å². The summed E-state index contributed by atoms with van der Waals surface area (Å²) in [6.45, 7) is 27.6. The van der Waals surface area contributed by atoms with Crippen molar-refractivity contribution in [3.63, 3.8) is 0 Å². The Hall–Kier alpha value is 0.462. The van der Waals surface area contributed by atoms with Gasteiger partial charge in [0.25, 0.3) is 0 Å². The molecule has 29 heavy (non-hydrogen) atoms. The normalized spacial score (nSPS) is 14.8. The molecule has 0 amide bonds. The van der Waals surface area contributed by atoms with Crippen LogP contribution < -0.4 is 0 Å². The summed E-state index contributed by atoms with van der Waals surface area (Å²) in [7, 11) is -4.42. The topological polar surface area (TPSA) is 28.2 Å². The molecule has 0 unspecified atom stereocenters. The third-order valence-electron chi connectivity index (χ3n) is 2.51. The van der Waals surface area contributed by atoms with Crippen molar-refractivity contribution >= 4 is 32.9 Å². The van der Waals surface area contributed by atoms with Crippen LogP contribution in [0, 0.1) is 12.2 Å². The van der Waals surface area contributed by atoms with Gasteiger partial charge in [0.15, 0.2) is 0 Å². The zero-order valence-electron chi connectivity index (χ0n) is 21.3. The number of allylic oxidation sites excluding steroid dienone is 8. The second kappa shape index (κ2) is 16.1. The number of hydrogen-bond acceptors (Lipinski definition) is 0. The smallest absolute Gasteiger partial charge is 0.668 e. The Bertz CT molecular complexity index is 423. The maximum absolute atomic E-state index is 4.82. The molecule has 0 aromatic carbocycles. The fourth-order valence-corrected chi connectivity index (χ4v) is 18.8. The van der Waals surface area contributed by atoms with E-state index in [0.717, 1.165) is 12.8 Å². The van der Waals surface area contributed by atoms with Crippen LogP contribution in [0.15, 0.2) is 36.5 Å². The molecule has 2 rings (SSSR count). The zero-order valence-corrected chi connectivity index (χ0v) is 26.8. The maximum atomic E-state index is 4.82. The summed E-state index contributed by atoms with van der Waals surface area (Å²) in [4.78, 5) is 0. The predicted octanol–water partition coefficient (Wildman–Crippen LogP) is 8.67. The van der Waals surface area contributed by atoms with Crippen LogP contribution in [0.3, 0.4) is 0 Å². The summed E-state index contributed by atoms with van der Waals surface area (Å²) >= 11 is 0. The van der Waals surface area contributed by atoms with Gasteiger partial charge in [-0.3, -0.25) is 12.2 Å². The Labute approximate surface area is 203 Å². The Morgan fingerprint density at radius 1 is 0.517 bits per heavy atom. The van der Waals surface area contributed by atoms with Crippen LogP contribution in [0.25, 0.3) is 9.30 Å². The fraction of sp³-hybridized carbons (Fsp3) is 0.636. The molecule has 0 heterocycles. The molecule has 2 aliphatic carbocycles. The molecule has 2 aliphatic rings. The van der Waals surface area contributed by atoms with E-state index in [2.05, 4.69) is 103 Å². The molecule has 7 heteroatoms. The minimum atomic E-state index is -1.11. The van der Waals surface area contributed by atoms with Gasteiger partial charge in [0.1, 0.15) is 0 Å². The minimum Gasteiger partial charge on any atom is -0.668 e. The van der Waals surface area contributed by atoms with Crippen LogP contribution in [0.5, 0.6) is 0 Å². The first-order valence-corrected chi connectivity index (χ1v) is 24.1. The Kier molecular flexibility index (Phi) is 19.0. The van der Waals surface area contributed by atoms with Crippen LogP contribution >= 0.6 is 0 Å². The number of nitrogens with zero attached hydrogens (tertiary/aromatic N) is 2. The van der Waals surface area contributed by atoms with E-state index in [1.807, 2.05) is 24.3 Å². The number of hydrogen-bond donors (Lipinski definition) is 0. The third kappa shape index (κ3) is 39.5. The minimum absolute atomic E-state index is 0. The van der Waals surface area contributed by atoms with Gasteiger partial charge >= 0.3 is 21.7 Å². The van der Waals surface area contributed by atoms with Gasteiger partial charge in [-0.2, -0.15) is 12.2 Å². The summed E-state index contributed by atoms with van der Waals surface area (Å²) in [5.41, 5.74) is 0. The molecule has 0 saturated carbocycles. The Balaban J connectivity index is -0.000000316. The zero-order chi connectivity index (χ0) is 22.5. The van der Waals surface area contributed by atoms with Crippen molar-refractivity contribution in [1.82, 2.24) is 0 Å². The van der Waals surface area contributed by atoms with Gasteiger partial charge in [0.2, 0.25) is 0 Å². The van der Waals surface area contributed by atoms with Crippen LogP contribution in [0.2, 0.25) is 78.6 Å². The quantitative estimate of drug-likeness (QED) is 0.274. The van der Waals surface area contributed by atoms with E-state index in [1.165, 1.54) is 0 Å². The van der Waals surface area contributed by atoms with Crippen LogP contribution in [0.4, 0.5) is 0 Å². The molecular weight excluding hydrogens is 452 g/mol. The summed E-state index contributed by atoms with van der Waals surface area (Å²) in [5.74, 6) is 0. The molecule has 0 spiro atoms. The number of rotatable bonds is 4. The Morgan fingerprint density at radius 2 is 0.759 bits per heavy atom. The summed E-state index contributed by atoms with van der Waals surface area (Å²) in [5, 5.41) is 0. The van der Waals surface area contributed by atoms with E-state index in [4.69, 9.17) is 9.30 Å². The van der Waals surface area contributed by atoms with Gasteiger partial charge in [0, 0.05) is 0 Å². The van der Waals surface area contributed by atoms with Crippen molar-refractivity contribution in [2.24, 2.45) is 0 Å². The molecule has 0 fully saturated rings. The first kappa shape index (κ1) is 34.1. The van der Waals surface area contributed by atoms with Gasteiger partial charge in [-0.15, -0.1) is 12.8 Å². The summed E-state index contributed by atoms with van der Waals surface area (Å²) < 4.78 is 9.64. The van der Waals surface area contributed by atoms with Gasteiger partial charge in [0.05, 0.1) is 0 Å². The molecule has 0 atom stereocenters. The molecule has 0 bridgehead atoms. The van der Waals surface area contributed by atoms with Crippen molar-refractivity contribution < 1.29 is 21.7 Å². The average molecular weight is 499 g/mol. The molecule has 0 saturated heterocycles. The van der Waals surface area contributed by atoms with Crippen molar-refractivity contribution in [2.75, 3.05) is 0 Å². The maximum Gasteiger partial charge on any atom is 4.00 e. The second-order valence-corrected chi connectivity index (χ2v) is 30.1. The molecule has 0 N–H and O–H groups in total. The molecule has 0 aromatic rings. The predicted molar refractivity (Wildman–Crippen MR) is 143 cm³/mol. The van der Waals surface area contributed by atoms with Crippen LogP contribution in [0.1, 0.15) is 12.8 Å². The van der Waals surface area contributed by atoms with Crippen LogP contribution in [-0.2, 0) is 21.7 Å². The van der Waals surface area contributed by atoms with Crippen LogP contribution in [-0.4, -0.2) is 32.9 Å². The first-order chi connectivity index (χ1) is 12.4. The first-order valence-electron chi connectivity index (χ1n) is 10.3. The second-order valence-electron chi connectivity index (χ2n) is 10.9. The van der Waals surface area contributed by atoms with Gasteiger partial charge in [-0.1, -0.05) is 112 Å². The SMILES string of the molecule is C[Si](C)(C)[N-][Si](C)(C)C.C[Si](C)(C)[N-][Si](C)(C)C.[C-]1=CC=CC1.[C-]1=CC=CC1.[Ti+4]. The molecule has 0 radical (unpaired) electrons. The van der Waals surface area contributed by atoms with Crippen molar-refractivity contribution in [2.45, 2.75) is 91.4 Å². The van der Waals surface area contributed by atoms with E-state index >= 15 is 0 Å². The van der Waals surface area contributed by atoms with Crippen molar-refractivity contribution in [3.8, 4) is 0 Å². The van der Waals surface area contributed by atoms with E-state index in [0.29, 0.717) is 0 Å². The van der Waals surface area contributed by atoms with Gasteiger partial charge in [-0.25, -0.2) is 24.3 Å². The third-order valence-corrected chi connectivity index (χ3v) is 13.2. The molecule has 2 nitrogen and oxygen atoms in total. The van der Waals surface area contributed by atoms with Crippen molar-refractivity contribution in [3.05, 3.63) is 57.9 Å². The standard InChI is InChI=1S/2C6H18NSi2.2C5H5.Ti/c2*1-8(2,3)7-9(4,5)6;2*1-2-4-5-3-1;/h2*1-6H3;2*1-3H,4H2;/q4*-1;+4. The van der Waals surface area contributed by atoms with Gasteiger partial charge in [-0.05, 0) is 0 Å². The summed E-state index contributed by atoms with van der Waals surface area (Å²) in [6, 6.07) is 0. The fourth-order valence-electron chi connectivity index (χ4n) is 2.69. The van der Waals surface area contributed by atoms with E-state index in [-0.39, 0.29) is 21.7 Å².